The van der Waals surface area contributed by atoms with Crippen LogP contribution < -0.4 is 10.6 Å². The Kier molecular flexibility index (Phi) is 4.77. The molecule has 0 spiro atoms. The number of methoxy groups -OCH3 is 1. The van der Waals surface area contributed by atoms with E-state index < -0.39 is 0 Å². The van der Waals surface area contributed by atoms with Crippen molar-refractivity contribution >= 4 is 11.8 Å². The summed E-state index contributed by atoms with van der Waals surface area (Å²) in [6.07, 6.45) is 3.04. The van der Waals surface area contributed by atoms with Gasteiger partial charge in [0.15, 0.2) is 5.82 Å². The smallest absolute Gasteiger partial charge is 0.320 e. The molecule has 0 saturated heterocycles. The normalized spacial score (nSPS) is 22.1. The maximum atomic E-state index is 11.9. The van der Waals surface area contributed by atoms with Crippen LogP contribution in [0, 0.1) is 0 Å². The van der Waals surface area contributed by atoms with Crippen molar-refractivity contribution in [3.8, 4) is 0 Å². The molecule has 2 rings (SSSR count). The largest absolute Gasteiger partial charge is 0.381 e. The Morgan fingerprint density at radius 1 is 1.29 bits per heavy atom. The van der Waals surface area contributed by atoms with E-state index in [1.807, 2.05) is 6.07 Å². The molecule has 0 aromatic carbocycles. The van der Waals surface area contributed by atoms with E-state index in [9.17, 15) is 4.79 Å². The van der Waals surface area contributed by atoms with Crippen LogP contribution in [0.2, 0.25) is 0 Å². The van der Waals surface area contributed by atoms with Gasteiger partial charge in [-0.3, -0.25) is 5.32 Å². The van der Waals surface area contributed by atoms with Crippen molar-refractivity contribution < 1.29 is 9.53 Å². The van der Waals surface area contributed by atoms with Gasteiger partial charge in [-0.15, -0.1) is 5.10 Å². The number of nitrogens with zero attached hydrogens (tertiary/aromatic N) is 2. The van der Waals surface area contributed by atoms with Gasteiger partial charge < -0.3 is 10.1 Å². The lowest BCUT2D eigenvalue weighted by atomic mass is 9.92. The van der Waals surface area contributed by atoms with Gasteiger partial charge in [0.05, 0.1) is 11.8 Å². The van der Waals surface area contributed by atoms with E-state index in [1.54, 1.807) is 13.2 Å². The lowest BCUT2D eigenvalue weighted by Gasteiger charge is -2.17. The number of anilines is 1. The van der Waals surface area contributed by atoms with Gasteiger partial charge in [-0.25, -0.2) is 4.79 Å². The third kappa shape index (κ3) is 4.39. The monoisotopic (exact) mass is 292 g/mol. The minimum Gasteiger partial charge on any atom is -0.381 e. The molecule has 1 aliphatic rings. The average molecular weight is 292 g/mol. The quantitative estimate of drug-likeness (QED) is 0.897. The topological polar surface area (TPSA) is 76.1 Å². The highest BCUT2D eigenvalue weighted by Gasteiger charge is 2.25. The zero-order valence-corrected chi connectivity index (χ0v) is 13.1. The third-order valence-corrected chi connectivity index (χ3v) is 3.73. The van der Waals surface area contributed by atoms with Crippen molar-refractivity contribution in [2.75, 3.05) is 12.4 Å². The predicted molar refractivity (Wildman–Crippen MR) is 81.3 cm³/mol. The van der Waals surface area contributed by atoms with E-state index in [2.05, 4.69) is 41.6 Å². The Hall–Kier alpha value is -1.69. The minimum atomic E-state index is -0.241. The summed E-state index contributed by atoms with van der Waals surface area (Å²) in [7, 11) is 1.71. The first-order chi connectivity index (χ1) is 9.88. The summed E-state index contributed by atoms with van der Waals surface area (Å²) in [5.74, 6) is 0.460. The second-order valence-electron chi connectivity index (χ2n) is 6.52. The number of carbonyl (C=O) groups is 1. The van der Waals surface area contributed by atoms with E-state index in [0.29, 0.717) is 5.82 Å². The number of hydrogen-bond donors (Lipinski definition) is 2. The number of ether oxygens (including phenoxy) is 1. The van der Waals surface area contributed by atoms with Crippen LogP contribution in [-0.2, 0) is 10.2 Å². The van der Waals surface area contributed by atoms with E-state index in [1.165, 1.54) is 0 Å². The first kappa shape index (κ1) is 15.7. The molecular formula is C15H24N4O2. The number of rotatable bonds is 3. The lowest BCUT2D eigenvalue weighted by Crippen LogP contribution is -2.37. The van der Waals surface area contributed by atoms with E-state index in [0.717, 1.165) is 25.0 Å². The molecule has 2 amide bonds. The average Bonchev–Trinajstić information content (AvgIpc) is 2.85. The summed E-state index contributed by atoms with van der Waals surface area (Å²) in [4.78, 5) is 11.9. The Labute approximate surface area is 125 Å². The molecule has 2 N–H and O–H groups in total. The number of amides is 2. The number of aromatic nitrogens is 2. The molecule has 1 aliphatic carbocycles. The maximum Gasteiger partial charge on any atom is 0.320 e. The van der Waals surface area contributed by atoms with Gasteiger partial charge >= 0.3 is 6.03 Å². The fraction of sp³-hybridized carbons (Fsp3) is 0.667. The standard InChI is InChI=1S/C15H24N4O2/c1-15(2,3)12-7-8-13(19-18-12)17-14(20)16-10-5-6-11(9-10)21-4/h7-8,10-11H,5-6,9H2,1-4H3,(H2,16,17,19,20). The van der Waals surface area contributed by atoms with Gasteiger partial charge in [0.1, 0.15) is 0 Å². The fourth-order valence-electron chi connectivity index (χ4n) is 2.42. The van der Waals surface area contributed by atoms with Crippen molar-refractivity contribution in [3.05, 3.63) is 17.8 Å². The predicted octanol–water partition coefficient (Wildman–Crippen LogP) is 2.46. The Morgan fingerprint density at radius 3 is 2.57 bits per heavy atom. The Balaban J connectivity index is 1.85. The molecule has 1 heterocycles. The molecule has 21 heavy (non-hydrogen) atoms. The molecule has 1 fully saturated rings. The summed E-state index contributed by atoms with van der Waals surface area (Å²) in [5, 5.41) is 13.8. The molecule has 1 aromatic heterocycles. The van der Waals surface area contributed by atoms with Crippen LogP contribution >= 0.6 is 0 Å². The van der Waals surface area contributed by atoms with Crippen LogP contribution in [-0.4, -0.2) is 35.5 Å². The first-order valence-corrected chi connectivity index (χ1v) is 7.33. The summed E-state index contributed by atoms with van der Waals surface area (Å²) in [6.45, 7) is 6.22. The molecule has 6 heteroatoms. The lowest BCUT2D eigenvalue weighted by molar-refractivity contribution is 0.107. The van der Waals surface area contributed by atoms with E-state index >= 15 is 0 Å². The maximum absolute atomic E-state index is 11.9. The van der Waals surface area contributed by atoms with Crippen molar-refractivity contribution in [2.24, 2.45) is 0 Å². The van der Waals surface area contributed by atoms with Gasteiger partial charge in [-0.05, 0) is 31.4 Å². The molecule has 2 unspecified atom stereocenters. The molecule has 0 radical (unpaired) electrons. The molecular weight excluding hydrogens is 268 g/mol. The van der Waals surface area contributed by atoms with Crippen LogP contribution in [0.4, 0.5) is 10.6 Å². The highest BCUT2D eigenvalue weighted by atomic mass is 16.5. The zero-order chi connectivity index (χ0) is 15.5. The van der Waals surface area contributed by atoms with Gasteiger partial charge in [-0.2, -0.15) is 5.10 Å². The molecule has 0 aliphatic heterocycles. The van der Waals surface area contributed by atoms with Crippen LogP contribution in [0.25, 0.3) is 0 Å². The first-order valence-electron chi connectivity index (χ1n) is 7.33. The summed E-state index contributed by atoms with van der Waals surface area (Å²) in [6, 6.07) is 3.59. The highest BCUT2D eigenvalue weighted by molar-refractivity contribution is 5.88. The van der Waals surface area contributed by atoms with Gasteiger partial charge in [0.2, 0.25) is 0 Å². The van der Waals surface area contributed by atoms with Gasteiger partial charge in [0.25, 0.3) is 0 Å². The molecule has 2 atom stereocenters. The molecule has 1 saturated carbocycles. The second kappa shape index (κ2) is 6.39. The molecule has 116 valence electrons. The summed E-state index contributed by atoms with van der Waals surface area (Å²) in [5.41, 5.74) is 0.847. The summed E-state index contributed by atoms with van der Waals surface area (Å²) < 4.78 is 5.29. The fourth-order valence-corrected chi connectivity index (χ4v) is 2.42. The Bertz CT molecular complexity index is 481. The van der Waals surface area contributed by atoms with Crippen molar-refractivity contribution in [1.82, 2.24) is 15.5 Å². The molecule has 0 bridgehead atoms. The number of nitrogens with one attached hydrogen (secondary N) is 2. The zero-order valence-electron chi connectivity index (χ0n) is 13.1. The van der Waals surface area contributed by atoms with Crippen molar-refractivity contribution in [2.45, 2.75) is 57.6 Å². The van der Waals surface area contributed by atoms with Crippen LogP contribution in [0.1, 0.15) is 45.7 Å². The molecule has 6 nitrogen and oxygen atoms in total. The summed E-state index contributed by atoms with van der Waals surface area (Å²) >= 11 is 0. The second-order valence-corrected chi connectivity index (χ2v) is 6.52. The number of hydrogen-bond acceptors (Lipinski definition) is 4. The Morgan fingerprint density at radius 2 is 2.05 bits per heavy atom. The van der Waals surface area contributed by atoms with Crippen molar-refractivity contribution in [1.29, 1.82) is 0 Å². The van der Waals surface area contributed by atoms with Gasteiger partial charge in [-0.1, -0.05) is 20.8 Å². The van der Waals surface area contributed by atoms with E-state index in [-0.39, 0.29) is 23.6 Å². The number of carbonyl (C=O) groups excluding carboxylic acids is 1. The SMILES string of the molecule is COC1CCC(NC(=O)Nc2ccc(C(C)(C)C)nn2)C1. The third-order valence-electron chi connectivity index (χ3n) is 3.73. The van der Waals surface area contributed by atoms with Crippen LogP contribution in [0.5, 0.6) is 0 Å². The van der Waals surface area contributed by atoms with Crippen molar-refractivity contribution in [3.63, 3.8) is 0 Å². The van der Waals surface area contributed by atoms with Crippen LogP contribution in [0.15, 0.2) is 12.1 Å². The number of urea groups is 1. The van der Waals surface area contributed by atoms with Crippen LogP contribution in [0.3, 0.4) is 0 Å². The van der Waals surface area contributed by atoms with Gasteiger partial charge in [0, 0.05) is 18.6 Å². The highest BCUT2D eigenvalue weighted by Crippen LogP contribution is 2.22. The van der Waals surface area contributed by atoms with E-state index in [4.69, 9.17) is 4.74 Å². The minimum absolute atomic E-state index is 0.0488. The molecule has 1 aromatic rings.